The molecule has 0 spiro atoms. The molecule has 1 atom stereocenters. The molecule has 3 aromatic rings. The monoisotopic (exact) mass is 297 g/mol. The highest BCUT2D eigenvalue weighted by molar-refractivity contribution is 6.06. The van der Waals surface area contributed by atoms with Gasteiger partial charge in [-0.15, -0.1) is 0 Å². The summed E-state index contributed by atoms with van der Waals surface area (Å²) < 4.78 is 5.74. The summed E-state index contributed by atoms with van der Waals surface area (Å²) in [5.41, 5.74) is 7.28. The van der Waals surface area contributed by atoms with Crippen molar-refractivity contribution in [1.29, 1.82) is 0 Å². The number of benzene rings is 2. The van der Waals surface area contributed by atoms with Gasteiger partial charge in [-0.1, -0.05) is 18.2 Å². The van der Waals surface area contributed by atoms with Gasteiger partial charge in [0.05, 0.1) is 0 Å². The van der Waals surface area contributed by atoms with Crippen molar-refractivity contribution in [3.8, 4) is 0 Å². The van der Waals surface area contributed by atoms with E-state index < -0.39 is 18.0 Å². The second-order valence-electron chi connectivity index (χ2n) is 5.03. The van der Waals surface area contributed by atoms with E-state index in [0.29, 0.717) is 0 Å². The van der Waals surface area contributed by atoms with Crippen LogP contribution in [0.1, 0.15) is 6.92 Å². The van der Waals surface area contributed by atoms with Crippen LogP contribution in [0, 0.1) is 0 Å². The number of primary amides is 1. The Hall–Kier alpha value is -3.02. The molecule has 2 aromatic carbocycles. The molecule has 6 nitrogen and oxygen atoms in total. The van der Waals surface area contributed by atoms with Crippen molar-refractivity contribution in [2.75, 3.05) is 5.32 Å². The lowest BCUT2D eigenvalue weighted by Gasteiger charge is -2.13. The first-order valence-corrected chi connectivity index (χ1v) is 6.83. The fraction of sp³-hybridized carbons (Fsp3) is 0.125. The zero-order chi connectivity index (χ0) is 15.7. The van der Waals surface area contributed by atoms with Crippen LogP contribution in [0.2, 0.25) is 0 Å². The Kier molecular flexibility index (Phi) is 3.42. The molecule has 0 aliphatic carbocycles. The first-order chi connectivity index (χ1) is 10.5. The predicted molar refractivity (Wildman–Crippen MR) is 84.5 cm³/mol. The molecule has 0 radical (unpaired) electrons. The van der Waals surface area contributed by atoms with Gasteiger partial charge in [0.25, 0.3) is 0 Å². The third-order valence-corrected chi connectivity index (χ3v) is 3.40. The summed E-state index contributed by atoms with van der Waals surface area (Å²) in [6.45, 7) is 1.65. The second kappa shape index (κ2) is 5.40. The van der Waals surface area contributed by atoms with Crippen LogP contribution in [-0.2, 0) is 4.79 Å². The van der Waals surface area contributed by atoms with Crippen molar-refractivity contribution in [2.24, 2.45) is 5.73 Å². The molecule has 3 amide bonds. The minimum Gasteiger partial charge on any atom is -0.456 e. The summed E-state index contributed by atoms with van der Waals surface area (Å²) in [5, 5.41) is 7.05. The van der Waals surface area contributed by atoms with Gasteiger partial charge in [-0.25, -0.2) is 4.79 Å². The summed E-state index contributed by atoms with van der Waals surface area (Å²) in [7, 11) is 0. The van der Waals surface area contributed by atoms with E-state index >= 15 is 0 Å². The molecular formula is C16H15N3O3. The molecule has 0 aliphatic heterocycles. The van der Waals surface area contributed by atoms with Crippen LogP contribution in [0.25, 0.3) is 21.9 Å². The Bertz CT molecular complexity index is 869. The number of nitrogens with two attached hydrogens (primary N) is 1. The van der Waals surface area contributed by atoms with Crippen LogP contribution < -0.4 is 16.4 Å². The molecular weight excluding hydrogens is 282 g/mol. The smallest absolute Gasteiger partial charge is 0.318 e. The van der Waals surface area contributed by atoms with Crippen molar-refractivity contribution in [1.82, 2.24) is 5.32 Å². The number of hydrogen-bond acceptors (Lipinski definition) is 4. The zero-order valence-corrected chi connectivity index (χ0v) is 11.9. The minimum absolute atomic E-state index is 0.482. The minimum atomic E-state index is -0.866. The molecule has 0 aliphatic rings. The van der Waals surface area contributed by atoms with Crippen LogP contribution in [0.5, 0.6) is 0 Å². The highest BCUT2D eigenvalue weighted by Crippen LogP contribution is 2.30. The van der Waals surface area contributed by atoms with Gasteiger partial charge in [0, 0.05) is 16.5 Å². The highest BCUT2D eigenvalue weighted by Gasteiger charge is 2.15. The number of para-hydroxylation sites is 1. The molecule has 1 unspecified atom stereocenters. The maximum absolute atomic E-state index is 11.7. The van der Waals surface area contributed by atoms with Crippen molar-refractivity contribution >= 4 is 39.6 Å². The van der Waals surface area contributed by atoms with Gasteiger partial charge >= 0.3 is 6.03 Å². The molecule has 4 N–H and O–H groups in total. The average Bonchev–Trinajstić information content (AvgIpc) is 2.84. The molecule has 0 bridgehead atoms. The van der Waals surface area contributed by atoms with E-state index in [2.05, 4.69) is 5.32 Å². The first kappa shape index (κ1) is 13.9. The number of anilines is 1. The SMILES string of the molecule is CC(Nc1ccc2oc3ccccc3c2c1)C(=O)NC(N)=O. The molecule has 22 heavy (non-hydrogen) atoms. The van der Waals surface area contributed by atoms with Crippen LogP contribution in [-0.4, -0.2) is 18.0 Å². The Balaban J connectivity index is 1.90. The number of hydrogen-bond donors (Lipinski definition) is 3. The zero-order valence-electron chi connectivity index (χ0n) is 11.9. The van der Waals surface area contributed by atoms with Gasteiger partial charge in [0.15, 0.2) is 0 Å². The van der Waals surface area contributed by atoms with Crippen molar-refractivity contribution in [3.05, 3.63) is 42.5 Å². The van der Waals surface area contributed by atoms with Gasteiger partial charge in [0.1, 0.15) is 17.2 Å². The van der Waals surface area contributed by atoms with Crippen LogP contribution in [0.15, 0.2) is 46.9 Å². The summed E-state index contributed by atoms with van der Waals surface area (Å²) in [5.74, 6) is -0.482. The Morgan fingerprint density at radius 2 is 1.82 bits per heavy atom. The van der Waals surface area contributed by atoms with Gasteiger partial charge in [0.2, 0.25) is 5.91 Å². The third kappa shape index (κ3) is 2.58. The Morgan fingerprint density at radius 1 is 1.09 bits per heavy atom. The van der Waals surface area contributed by atoms with E-state index in [4.69, 9.17) is 10.2 Å². The molecule has 1 heterocycles. The fourth-order valence-electron chi connectivity index (χ4n) is 2.36. The van der Waals surface area contributed by atoms with Crippen molar-refractivity contribution in [2.45, 2.75) is 13.0 Å². The summed E-state index contributed by atoms with van der Waals surface area (Å²) in [6, 6.07) is 11.9. The number of carbonyl (C=O) groups excluding carboxylic acids is 2. The van der Waals surface area contributed by atoms with Gasteiger partial charge in [-0.2, -0.15) is 0 Å². The van der Waals surface area contributed by atoms with E-state index in [1.54, 1.807) is 6.92 Å². The average molecular weight is 297 g/mol. The first-order valence-electron chi connectivity index (χ1n) is 6.83. The number of imide groups is 1. The number of nitrogens with one attached hydrogen (secondary N) is 2. The van der Waals surface area contributed by atoms with Gasteiger partial charge < -0.3 is 15.5 Å². The lowest BCUT2D eigenvalue weighted by Crippen LogP contribution is -2.43. The number of fused-ring (bicyclic) bond motifs is 3. The number of amides is 3. The Labute approximate surface area is 126 Å². The highest BCUT2D eigenvalue weighted by atomic mass is 16.3. The fourth-order valence-corrected chi connectivity index (χ4v) is 2.36. The van der Waals surface area contributed by atoms with E-state index in [-0.39, 0.29) is 0 Å². The molecule has 6 heteroatoms. The quantitative estimate of drug-likeness (QED) is 0.692. The molecule has 3 rings (SSSR count). The number of carbonyl (C=O) groups is 2. The van der Waals surface area contributed by atoms with Crippen molar-refractivity contribution < 1.29 is 14.0 Å². The standard InChI is InChI=1S/C16H15N3O3/c1-9(15(20)19-16(17)21)18-10-6-7-14-12(8-10)11-4-2-3-5-13(11)22-14/h2-9,18H,1H3,(H3,17,19,20,21). The molecule has 1 aromatic heterocycles. The lowest BCUT2D eigenvalue weighted by atomic mass is 10.1. The number of furan rings is 1. The molecule has 0 saturated carbocycles. The van der Waals surface area contributed by atoms with E-state index in [0.717, 1.165) is 27.6 Å². The third-order valence-electron chi connectivity index (χ3n) is 3.40. The van der Waals surface area contributed by atoms with E-state index in [9.17, 15) is 9.59 Å². The van der Waals surface area contributed by atoms with Crippen LogP contribution in [0.3, 0.4) is 0 Å². The lowest BCUT2D eigenvalue weighted by molar-refractivity contribution is -0.120. The summed E-state index contributed by atoms with van der Waals surface area (Å²) in [6.07, 6.45) is 0. The summed E-state index contributed by atoms with van der Waals surface area (Å²) >= 11 is 0. The van der Waals surface area contributed by atoms with E-state index in [1.165, 1.54) is 0 Å². The normalized spacial score (nSPS) is 12.2. The van der Waals surface area contributed by atoms with Gasteiger partial charge in [-0.3, -0.25) is 10.1 Å². The van der Waals surface area contributed by atoms with Crippen LogP contribution >= 0.6 is 0 Å². The summed E-state index contributed by atoms with van der Waals surface area (Å²) in [4.78, 5) is 22.4. The second-order valence-corrected chi connectivity index (χ2v) is 5.03. The molecule has 0 fully saturated rings. The number of rotatable bonds is 3. The van der Waals surface area contributed by atoms with Gasteiger partial charge in [-0.05, 0) is 31.2 Å². The van der Waals surface area contributed by atoms with Crippen LogP contribution in [0.4, 0.5) is 10.5 Å². The number of urea groups is 1. The Morgan fingerprint density at radius 3 is 2.59 bits per heavy atom. The maximum Gasteiger partial charge on any atom is 0.318 e. The topological polar surface area (TPSA) is 97.4 Å². The predicted octanol–water partition coefficient (Wildman–Crippen LogP) is 2.58. The largest absolute Gasteiger partial charge is 0.456 e. The van der Waals surface area contributed by atoms with Crippen molar-refractivity contribution in [3.63, 3.8) is 0 Å². The molecule has 112 valence electrons. The maximum atomic E-state index is 11.7. The van der Waals surface area contributed by atoms with E-state index in [1.807, 2.05) is 47.8 Å². The molecule has 0 saturated heterocycles.